The number of pyridine rings is 1. The maximum atomic E-state index is 8.77. The maximum Gasteiger partial charge on any atom is 0.133 e. The van der Waals surface area contributed by atoms with Gasteiger partial charge in [0.1, 0.15) is 5.82 Å². The van der Waals surface area contributed by atoms with Gasteiger partial charge < -0.3 is 4.90 Å². The number of hydrogen-bond donors (Lipinski definition) is 0. The van der Waals surface area contributed by atoms with Crippen molar-refractivity contribution in [2.24, 2.45) is 0 Å². The lowest BCUT2D eigenvalue weighted by Crippen LogP contribution is -2.19. The predicted molar refractivity (Wildman–Crippen MR) is 72.7 cm³/mol. The zero-order valence-electron chi connectivity index (χ0n) is 10.4. The Bertz CT molecular complexity index is 543. The fraction of sp³-hybridized carbons (Fsp3) is 0.200. The fourth-order valence-corrected chi connectivity index (χ4v) is 1.81. The quantitative estimate of drug-likeness (QED) is 0.817. The average Bonchev–Trinajstić information content (AvgIpc) is 2.40. The van der Waals surface area contributed by atoms with Crippen molar-refractivity contribution in [1.82, 2.24) is 4.98 Å². The van der Waals surface area contributed by atoms with E-state index in [1.165, 1.54) is 0 Å². The van der Waals surface area contributed by atoms with Crippen molar-refractivity contribution in [3.8, 4) is 6.07 Å². The zero-order chi connectivity index (χ0) is 12.8. The summed E-state index contributed by atoms with van der Waals surface area (Å²) in [6, 6.07) is 16.2. The molecule has 0 aliphatic heterocycles. The Morgan fingerprint density at radius 2 is 2.00 bits per heavy atom. The van der Waals surface area contributed by atoms with Gasteiger partial charge in [-0.25, -0.2) is 4.98 Å². The molecule has 0 amide bonds. The van der Waals surface area contributed by atoms with E-state index in [4.69, 9.17) is 5.26 Å². The molecule has 0 spiro atoms. The van der Waals surface area contributed by atoms with Crippen LogP contribution in [-0.2, 0) is 0 Å². The fourth-order valence-electron chi connectivity index (χ4n) is 1.81. The monoisotopic (exact) mass is 237 g/mol. The van der Waals surface area contributed by atoms with Crippen LogP contribution in [0.4, 0.5) is 11.5 Å². The first-order valence-electron chi connectivity index (χ1n) is 5.93. The van der Waals surface area contributed by atoms with E-state index in [1.54, 1.807) is 6.20 Å². The third-order valence-electron chi connectivity index (χ3n) is 2.69. The molecule has 1 aromatic carbocycles. The van der Waals surface area contributed by atoms with Crippen molar-refractivity contribution in [2.45, 2.75) is 13.3 Å². The number of para-hydroxylation sites is 1. The van der Waals surface area contributed by atoms with Gasteiger partial charge in [0.05, 0.1) is 12.5 Å². The molecule has 0 N–H and O–H groups in total. The van der Waals surface area contributed by atoms with Crippen molar-refractivity contribution in [3.63, 3.8) is 0 Å². The molecule has 2 rings (SSSR count). The van der Waals surface area contributed by atoms with Crippen LogP contribution in [0, 0.1) is 18.3 Å². The molecule has 0 saturated heterocycles. The van der Waals surface area contributed by atoms with Gasteiger partial charge in [-0.2, -0.15) is 5.26 Å². The largest absolute Gasteiger partial charge is 0.325 e. The number of benzene rings is 1. The smallest absolute Gasteiger partial charge is 0.133 e. The van der Waals surface area contributed by atoms with Crippen LogP contribution >= 0.6 is 0 Å². The standard InChI is InChI=1S/C15H15N3/c1-13-8-10-17-15(12-13)18(11-5-9-16)14-6-3-2-4-7-14/h2-4,6-8,10,12H,5,11H2,1H3. The van der Waals surface area contributed by atoms with E-state index in [0.717, 1.165) is 17.1 Å². The number of nitriles is 1. The normalized spacial score (nSPS) is 9.78. The predicted octanol–water partition coefficient (Wildman–Crippen LogP) is 3.44. The van der Waals surface area contributed by atoms with E-state index in [2.05, 4.69) is 16.0 Å². The summed E-state index contributed by atoms with van der Waals surface area (Å²) in [5.74, 6) is 0.886. The first kappa shape index (κ1) is 12.1. The van der Waals surface area contributed by atoms with Gasteiger partial charge in [-0.3, -0.25) is 0 Å². The van der Waals surface area contributed by atoms with E-state index >= 15 is 0 Å². The molecule has 0 aliphatic rings. The minimum absolute atomic E-state index is 0.477. The van der Waals surface area contributed by atoms with Crippen molar-refractivity contribution >= 4 is 11.5 Å². The van der Waals surface area contributed by atoms with Gasteiger partial charge >= 0.3 is 0 Å². The van der Waals surface area contributed by atoms with E-state index < -0.39 is 0 Å². The van der Waals surface area contributed by atoms with Crippen LogP contribution < -0.4 is 4.90 Å². The Kier molecular flexibility index (Phi) is 3.93. The Labute approximate surface area is 107 Å². The van der Waals surface area contributed by atoms with Crippen molar-refractivity contribution < 1.29 is 0 Å². The highest BCUT2D eigenvalue weighted by Crippen LogP contribution is 2.23. The van der Waals surface area contributed by atoms with Crippen molar-refractivity contribution in [3.05, 3.63) is 54.2 Å². The van der Waals surface area contributed by atoms with Gasteiger partial charge in [0.25, 0.3) is 0 Å². The molecule has 90 valence electrons. The molecule has 0 fully saturated rings. The number of nitrogens with zero attached hydrogens (tertiary/aromatic N) is 3. The van der Waals surface area contributed by atoms with Crippen molar-refractivity contribution in [1.29, 1.82) is 5.26 Å². The van der Waals surface area contributed by atoms with Crippen molar-refractivity contribution in [2.75, 3.05) is 11.4 Å². The summed E-state index contributed by atoms with van der Waals surface area (Å²) in [5, 5.41) is 8.77. The second-order valence-corrected chi connectivity index (χ2v) is 4.09. The summed E-state index contributed by atoms with van der Waals surface area (Å²) in [6.45, 7) is 2.69. The molecule has 0 unspecified atom stereocenters. The molecule has 0 saturated carbocycles. The number of hydrogen-bond acceptors (Lipinski definition) is 3. The van der Waals surface area contributed by atoms with Gasteiger partial charge in [0.2, 0.25) is 0 Å². The lowest BCUT2D eigenvalue weighted by molar-refractivity contribution is 0.925. The summed E-state index contributed by atoms with van der Waals surface area (Å²) >= 11 is 0. The van der Waals surface area contributed by atoms with Crippen LogP contribution in [0.15, 0.2) is 48.7 Å². The van der Waals surface area contributed by atoms with Crippen LogP contribution in [0.2, 0.25) is 0 Å². The highest BCUT2D eigenvalue weighted by atomic mass is 15.2. The molecule has 0 radical (unpaired) electrons. The molecular formula is C15H15N3. The minimum atomic E-state index is 0.477. The number of anilines is 2. The Morgan fingerprint density at radius 1 is 1.22 bits per heavy atom. The number of rotatable bonds is 4. The third kappa shape index (κ3) is 2.86. The van der Waals surface area contributed by atoms with E-state index in [9.17, 15) is 0 Å². The van der Waals surface area contributed by atoms with Crippen LogP contribution in [-0.4, -0.2) is 11.5 Å². The second kappa shape index (κ2) is 5.83. The van der Waals surface area contributed by atoms with E-state index in [-0.39, 0.29) is 0 Å². The van der Waals surface area contributed by atoms with Gasteiger partial charge in [0.15, 0.2) is 0 Å². The molecule has 2 aromatic rings. The molecular weight excluding hydrogens is 222 g/mol. The second-order valence-electron chi connectivity index (χ2n) is 4.09. The first-order chi connectivity index (χ1) is 8.81. The van der Waals surface area contributed by atoms with Crippen LogP contribution in [0.3, 0.4) is 0 Å². The maximum absolute atomic E-state index is 8.77. The van der Waals surface area contributed by atoms with Crippen LogP contribution in [0.1, 0.15) is 12.0 Å². The molecule has 0 aliphatic carbocycles. The molecule has 18 heavy (non-hydrogen) atoms. The molecule has 3 heteroatoms. The first-order valence-corrected chi connectivity index (χ1v) is 5.93. The van der Waals surface area contributed by atoms with Crippen LogP contribution in [0.5, 0.6) is 0 Å². The Balaban J connectivity index is 2.34. The summed E-state index contributed by atoms with van der Waals surface area (Å²) in [5.41, 5.74) is 2.23. The Morgan fingerprint density at radius 3 is 2.67 bits per heavy atom. The topological polar surface area (TPSA) is 39.9 Å². The number of aryl methyl sites for hydroxylation is 1. The average molecular weight is 237 g/mol. The van der Waals surface area contributed by atoms with E-state index in [1.807, 2.05) is 49.4 Å². The van der Waals surface area contributed by atoms with E-state index in [0.29, 0.717) is 13.0 Å². The molecule has 0 bridgehead atoms. The van der Waals surface area contributed by atoms with Gasteiger partial charge in [-0.1, -0.05) is 18.2 Å². The highest BCUT2D eigenvalue weighted by molar-refractivity contribution is 5.60. The summed E-state index contributed by atoms with van der Waals surface area (Å²) < 4.78 is 0. The molecule has 0 atom stereocenters. The lowest BCUT2D eigenvalue weighted by atomic mass is 10.2. The van der Waals surface area contributed by atoms with Gasteiger partial charge in [-0.05, 0) is 36.8 Å². The highest BCUT2D eigenvalue weighted by Gasteiger charge is 2.09. The SMILES string of the molecule is Cc1ccnc(N(CCC#N)c2ccccc2)c1. The van der Waals surface area contributed by atoms with Gasteiger partial charge in [0, 0.05) is 18.4 Å². The zero-order valence-corrected chi connectivity index (χ0v) is 10.4. The molecule has 3 nitrogen and oxygen atoms in total. The Hall–Kier alpha value is -2.34. The summed E-state index contributed by atoms with van der Waals surface area (Å²) in [7, 11) is 0. The van der Waals surface area contributed by atoms with Crippen LogP contribution in [0.25, 0.3) is 0 Å². The number of aromatic nitrogens is 1. The lowest BCUT2D eigenvalue weighted by Gasteiger charge is -2.23. The molecule has 1 aromatic heterocycles. The minimum Gasteiger partial charge on any atom is -0.325 e. The summed E-state index contributed by atoms with van der Waals surface area (Å²) in [6.07, 6.45) is 2.28. The summed E-state index contributed by atoms with van der Waals surface area (Å²) in [4.78, 5) is 6.45. The van der Waals surface area contributed by atoms with Gasteiger partial charge in [-0.15, -0.1) is 0 Å². The third-order valence-corrected chi connectivity index (χ3v) is 2.69. The molecule has 1 heterocycles.